The highest BCUT2D eigenvalue weighted by Crippen LogP contribution is 2.46. The minimum absolute atomic E-state index is 0.0612. The van der Waals surface area contributed by atoms with Crippen molar-refractivity contribution in [3.05, 3.63) is 71.8 Å². The minimum Gasteiger partial charge on any atom is -0.505 e. The first kappa shape index (κ1) is 49.2. The number of benzene rings is 4. The second-order valence-electron chi connectivity index (χ2n) is 12.1. The molecule has 0 aliphatic heterocycles. The fourth-order valence-corrected chi connectivity index (χ4v) is 8.04. The molecule has 66 heavy (non-hydrogen) atoms. The van der Waals surface area contributed by atoms with E-state index in [4.69, 9.17) is 25.6 Å². The molecule has 36 heteroatoms. The number of phenols is 1. The number of fused-ring (bicyclic) bond motifs is 1. The Morgan fingerprint density at radius 1 is 0.727 bits per heavy atom. The van der Waals surface area contributed by atoms with Gasteiger partial charge in [0.25, 0.3) is 46.4 Å². The molecule has 0 unspecified atom stereocenters. The molecule has 8 N–H and O–H groups in total. The third-order valence-corrected chi connectivity index (χ3v) is 11.9. The van der Waals surface area contributed by atoms with Gasteiger partial charge in [-0.1, -0.05) is 11.2 Å². The molecule has 0 saturated carbocycles. The SMILES string of the molecule is O=S(=O)(O)OC#CSOOCc1noc(-c2cccc(N=Nc3c(S(=O)(=O)O)cc4cc(S(=O)(=O)O)cc(Nc5nc(Cl)nc(Nc6cc(S(=O)(=O)O)ccc6S(=O)(=O)O)n5)c4c3O)c2)n1. The van der Waals surface area contributed by atoms with Crippen molar-refractivity contribution in [3.63, 3.8) is 0 Å². The van der Waals surface area contributed by atoms with Crippen LogP contribution in [0, 0.1) is 11.4 Å². The molecule has 2 aromatic heterocycles. The lowest BCUT2D eigenvalue weighted by Crippen LogP contribution is -2.09. The Morgan fingerprint density at radius 2 is 1.38 bits per heavy atom. The van der Waals surface area contributed by atoms with E-state index in [0.29, 0.717) is 36.4 Å². The lowest BCUT2D eigenvalue weighted by Gasteiger charge is -2.15. The normalized spacial score (nSPS) is 12.5. The summed E-state index contributed by atoms with van der Waals surface area (Å²) in [5, 5.41) is 28.1. The number of anilines is 4. The van der Waals surface area contributed by atoms with Gasteiger partial charge in [-0.3, -0.25) is 22.8 Å². The Balaban J connectivity index is 1.36. The molecule has 0 aliphatic carbocycles. The molecule has 0 bridgehead atoms. The number of halogens is 1. The summed E-state index contributed by atoms with van der Waals surface area (Å²) in [6.45, 7) is -0.427. The molecule has 6 aromatic rings. The first-order valence-electron chi connectivity index (χ1n) is 16.4. The van der Waals surface area contributed by atoms with Gasteiger partial charge in [-0.15, -0.1) is 9.45 Å². The van der Waals surface area contributed by atoms with E-state index in [1.165, 1.54) is 24.3 Å². The highest BCUT2D eigenvalue weighted by Gasteiger charge is 2.27. The Labute approximate surface area is 378 Å². The number of aromatic hydroxyl groups is 1. The lowest BCUT2D eigenvalue weighted by molar-refractivity contribution is -0.203. The summed E-state index contributed by atoms with van der Waals surface area (Å²) in [4.78, 5) is 16.5. The molecule has 0 aliphatic rings. The third kappa shape index (κ3) is 12.6. The standard InChI is InChI=1S/C30H20ClN9O20S6/c31-28-35-29(32-19-11-17(62(42,43)44)4-5-21(19)64(48,49)50)37-30(36-28)33-20-12-18(63(45,46)47)9-15-10-22(65(51,52)53)25(26(41)24(15)20)39-38-16-3-1-2-14(8-16)27-34-23(40-59-27)13-57-60-61-7-6-58-66(54,55)56/h1-5,8-12,41H,13H2,(H,42,43,44)(H,45,46,47)(H,48,49,50)(H,51,52,53)(H,54,55,56)(H2,32,33,35,36,37). The fourth-order valence-electron chi connectivity index (χ4n) is 5.14. The molecule has 348 valence electrons. The van der Waals surface area contributed by atoms with Crippen molar-refractivity contribution in [1.82, 2.24) is 25.1 Å². The maximum Gasteiger partial charge on any atom is 0.454 e. The maximum atomic E-state index is 12.6. The number of hydrogen-bond acceptors (Lipinski definition) is 25. The average Bonchev–Trinajstić information content (AvgIpc) is 3.67. The monoisotopic (exact) mass is 1050 g/mol. The molecular weight excluding hydrogens is 1030 g/mol. The van der Waals surface area contributed by atoms with Crippen LogP contribution < -0.4 is 10.6 Å². The summed E-state index contributed by atoms with van der Waals surface area (Å²) in [5.74, 6) is -2.65. The van der Waals surface area contributed by atoms with Crippen LogP contribution in [0.25, 0.3) is 22.2 Å². The van der Waals surface area contributed by atoms with E-state index in [0.717, 1.165) is 0 Å². The van der Waals surface area contributed by atoms with Crippen LogP contribution >= 0.6 is 23.6 Å². The van der Waals surface area contributed by atoms with Crippen molar-refractivity contribution in [3.8, 4) is 28.6 Å². The van der Waals surface area contributed by atoms with Gasteiger partial charge in [0.1, 0.15) is 40.2 Å². The van der Waals surface area contributed by atoms with Crippen LogP contribution in [0.2, 0.25) is 5.28 Å². The Morgan fingerprint density at radius 3 is 2.02 bits per heavy atom. The number of rotatable bonds is 16. The van der Waals surface area contributed by atoms with Gasteiger partial charge in [0.2, 0.25) is 23.0 Å². The molecule has 2 heterocycles. The highest BCUT2D eigenvalue weighted by atomic mass is 35.5. The molecule has 0 amide bonds. The van der Waals surface area contributed by atoms with Crippen LogP contribution in [-0.2, 0) is 70.9 Å². The third-order valence-electron chi connectivity index (χ3n) is 7.65. The second-order valence-corrected chi connectivity index (χ2v) is 19.6. The molecule has 4 aromatic carbocycles. The summed E-state index contributed by atoms with van der Waals surface area (Å²) in [5.41, 5.74) is -2.06. The Kier molecular flexibility index (Phi) is 14.1. The largest absolute Gasteiger partial charge is 0.505 e. The van der Waals surface area contributed by atoms with Crippen LogP contribution in [0.15, 0.2) is 95.0 Å². The van der Waals surface area contributed by atoms with Gasteiger partial charge < -0.3 is 24.4 Å². The van der Waals surface area contributed by atoms with E-state index >= 15 is 0 Å². The first-order chi connectivity index (χ1) is 30.7. The molecular formula is C30H20ClN9O20S6. The molecule has 6 rings (SSSR count). The first-order valence-corrected chi connectivity index (χ1v) is 24.7. The number of nitrogens with zero attached hydrogens (tertiary/aromatic N) is 7. The van der Waals surface area contributed by atoms with Crippen molar-refractivity contribution >= 4 is 120 Å². The van der Waals surface area contributed by atoms with E-state index in [1.807, 2.05) is 5.25 Å². The Hall–Kier alpha value is -6.24. The van der Waals surface area contributed by atoms with E-state index in [-0.39, 0.29) is 35.0 Å². The zero-order chi connectivity index (χ0) is 48.4. The maximum absolute atomic E-state index is 12.6. The summed E-state index contributed by atoms with van der Waals surface area (Å²) >= 11 is 6.33. The van der Waals surface area contributed by atoms with Crippen molar-refractivity contribution in [1.29, 1.82) is 0 Å². The van der Waals surface area contributed by atoms with Crippen LogP contribution in [0.1, 0.15) is 5.82 Å². The zero-order valence-corrected chi connectivity index (χ0v) is 37.0. The van der Waals surface area contributed by atoms with E-state index < -0.39 is 128 Å². The predicted molar refractivity (Wildman–Crippen MR) is 221 cm³/mol. The molecule has 0 radical (unpaired) electrons. The molecule has 0 saturated heterocycles. The summed E-state index contributed by atoms with van der Waals surface area (Å²) < 4.78 is 180. The van der Waals surface area contributed by atoms with Crippen molar-refractivity contribution in [2.75, 3.05) is 10.6 Å². The van der Waals surface area contributed by atoms with Gasteiger partial charge >= 0.3 is 10.4 Å². The smallest absolute Gasteiger partial charge is 0.454 e. The van der Waals surface area contributed by atoms with E-state index in [2.05, 4.69) is 54.5 Å². The van der Waals surface area contributed by atoms with Crippen LogP contribution in [0.5, 0.6) is 5.75 Å². The van der Waals surface area contributed by atoms with Gasteiger partial charge in [-0.2, -0.15) is 67.1 Å². The van der Waals surface area contributed by atoms with Gasteiger partial charge in [-0.25, -0.2) is 4.89 Å². The average molecular weight is 1050 g/mol. The summed E-state index contributed by atoms with van der Waals surface area (Å²) in [6.07, 6.45) is 1.60. The van der Waals surface area contributed by atoms with Crippen molar-refractivity contribution in [2.45, 2.75) is 26.2 Å². The lowest BCUT2D eigenvalue weighted by atomic mass is 10.1. The van der Waals surface area contributed by atoms with Crippen LogP contribution in [0.4, 0.5) is 34.6 Å². The number of hydrogen-bond donors (Lipinski definition) is 8. The van der Waals surface area contributed by atoms with Gasteiger partial charge in [0.05, 0.1) is 26.9 Å². The van der Waals surface area contributed by atoms with Gasteiger partial charge in [0, 0.05) is 16.2 Å². The molecule has 0 fully saturated rings. The fraction of sp³-hybridized carbons (Fsp3) is 0.0333. The van der Waals surface area contributed by atoms with Crippen LogP contribution in [-0.4, -0.2) is 95.1 Å². The van der Waals surface area contributed by atoms with Crippen molar-refractivity contribution in [2.24, 2.45) is 10.2 Å². The number of phenolic OH excluding ortho intramolecular Hbond substituents is 1. The minimum atomic E-state index is -5.33. The second kappa shape index (κ2) is 18.9. The number of azo groups is 1. The predicted octanol–water partition coefficient (Wildman–Crippen LogP) is 4.16. The quantitative estimate of drug-likeness (QED) is 0.0128. The number of aromatic nitrogens is 5. The zero-order valence-electron chi connectivity index (χ0n) is 31.3. The van der Waals surface area contributed by atoms with Crippen molar-refractivity contribution < 1.29 is 87.9 Å². The van der Waals surface area contributed by atoms with Gasteiger partial charge in [-0.05, 0) is 71.6 Å². The summed E-state index contributed by atoms with van der Waals surface area (Å²) in [6, 6.07) is 9.43. The molecule has 0 atom stereocenters. The molecule has 0 spiro atoms. The highest BCUT2D eigenvalue weighted by molar-refractivity contribution is 7.99. The topological polar surface area (TPSA) is 446 Å². The molecule has 29 nitrogen and oxygen atoms in total. The number of nitrogens with one attached hydrogen (secondary N) is 2. The van der Waals surface area contributed by atoms with E-state index in [1.54, 1.807) is 6.11 Å². The summed E-state index contributed by atoms with van der Waals surface area (Å²) in [7, 11) is -25.3. The van der Waals surface area contributed by atoms with Crippen LogP contribution in [0.3, 0.4) is 0 Å². The van der Waals surface area contributed by atoms with E-state index in [9.17, 15) is 65.4 Å². The Bertz CT molecular complexity index is 3610. The van der Waals surface area contributed by atoms with Gasteiger partial charge in [0.15, 0.2) is 5.75 Å².